The van der Waals surface area contributed by atoms with Crippen molar-refractivity contribution in [1.29, 1.82) is 0 Å². The molecule has 2 aliphatic rings. The van der Waals surface area contributed by atoms with Gasteiger partial charge >= 0.3 is 17.9 Å². The smallest absolute Gasteiger partial charge is 0.333 e. The van der Waals surface area contributed by atoms with E-state index in [1.165, 1.54) is 27.4 Å². The fraction of sp³-hybridized carbons (Fsp3) is 0.720. The van der Waals surface area contributed by atoms with Crippen molar-refractivity contribution in [2.24, 2.45) is 22.7 Å². The van der Waals surface area contributed by atoms with Crippen LogP contribution in [-0.4, -0.2) is 37.7 Å². The van der Waals surface area contributed by atoms with Crippen molar-refractivity contribution in [2.45, 2.75) is 79.8 Å². The molecule has 6 nitrogen and oxygen atoms in total. The second kappa shape index (κ2) is 10.0. The molecule has 31 heavy (non-hydrogen) atoms. The number of allylic oxidation sites excluding steroid dienone is 2. The summed E-state index contributed by atoms with van der Waals surface area (Å²) in [5.41, 5.74) is 1.73. The van der Waals surface area contributed by atoms with Gasteiger partial charge in [0.15, 0.2) is 6.10 Å². The van der Waals surface area contributed by atoms with Crippen molar-refractivity contribution in [3.05, 3.63) is 23.3 Å². The molecule has 1 fully saturated rings. The van der Waals surface area contributed by atoms with Gasteiger partial charge in [-0.2, -0.15) is 0 Å². The van der Waals surface area contributed by atoms with Crippen molar-refractivity contribution in [3.63, 3.8) is 0 Å². The Morgan fingerprint density at radius 3 is 2.39 bits per heavy atom. The molecule has 0 saturated heterocycles. The zero-order chi connectivity index (χ0) is 23.4. The summed E-state index contributed by atoms with van der Waals surface area (Å²) in [5, 5.41) is 0. The summed E-state index contributed by atoms with van der Waals surface area (Å²) < 4.78 is 15.6. The number of carbonyl (C=O) groups is 3. The minimum absolute atomic E-state index is 0.0138. The molecule has 0 aromatic heterocycles. The molecule has 0 heterocycles. The maximum atomic E-state index is 12.6. The van der Waals surface area contributed by atoms with Crippen molar-refractivity contribution >= 4 is 17.9 Å². The maximum absolute atomic E-state index is 12.6. The SMILES string of the molecule is COC(=O)C1=CC[C@H]2C(C)(C)CCC[C@]2(C)[C@H]1C/C=C(\C)[C@@H](COC(C)=O)OC(C)=O. The molecule has 0 amide bonds. The van der Waals surface area contributed by atoms with Gasteiger partial charge in [-0.15, -0.1) is 0 Å². The molecule has 2 rings (SSSR count). The fourth-order valence-corrected chi connectivity index (χ4v) is 5.74. The van der Waals surface area contributed by atoms with Gasteiger partial charge in [0, 0.05) is 19.4 Å². The van der Waals surface area contributed by atoms with E-state index in [4.69, 9.17) is 14.2 Å². The third-order valence-electron chi connectivity index (χ3n) is 7.37. The van der Waals surface area contributed by atoms with Crippen molar-refractivity contribution in [3.8, 4) is 0 Å². The van der Waals surface area contributed by atoms with Crippen LogP contribution in [0.3, 0.4) is 0 Å². The number of esters is 3. The number of hydrogen-bond donors (Lipinski definition) is 0. The maximum Gasteiger partial charge on any atom is 0.333 e. The summed E-state index contributed by atoms with van der Waals surface area (Å²) in [6, 6.07) is 0. The molecular weight excluding hydrogens is 396 g/mol. The first-order chi connectivity index (χ1) is 14.4. The number of carbonyl (C=O) groups excluding carboxylic acids is 3. The van der Waals surface area contributed by atoms with Crippen LogP contribution in [0.25, 0.3) is 0 Å². The molecule has 0 aliphatic heterocycles. The van der Waals surface area contributed by atoms with Gasteiger partial charge in [-0.05, 0) is 60.8 Å². The van der Waals surface area contributed by atoms with Crippen LogP contribution in [0.4, 0.5) is 0 Å². The molecule has 174 valence electrons. The van der Waals surface area contributed by atoms with Crippen molar-refractivity contribution in [2.75, 3.05) is 13.7 Å². The van der Waals surface area contributed by atoms with E-state index < -0.39 is 18.0 Å². The number of hydrogen-bond acceptors (Lipinski definition) is 6. The molecule has 4 atom stereocenters. The Kier molecular flexibility index (Phi) is 8.12. The lowest BCUT2D eigenvalue weighted by Crippen LogP contribution is -2.49. The largest absolute Gasteiger partial charge is 0.466 e. The number of ether oxygens (including phenoxy) is 3. The zero-order valence-electron chi connectivity index (χ0n) is 20.1. The highest BCUT2D eigenvalue weighted by Gasteiger charge is 2.53. The van der Waals surface area contributed by atoms with E-state index in [0.717, 1.165) is 30.4 Å². The van der Waals surface area contributed by atoms with Crippen LogP contribution >= 0.6 is 0 Å². The average Bonchev–Trinajstić information content (AvgIpc) is 2.67. The minimum Gasteiger partial charge on any atom is -0.466 e. The van der Waals surface area contributed by atoms with E-state index >= 15 is 0 Å². The third-order valence-corrected chi connectivity index (χ3v) is 7.37. The summed E-state index contributed by atoms with van der Waals surface area (Å²) in [6.45, 7) is 11.5. The Morgan fingerprint density at radius 1 is 1.13 bits per heavy atom. The molecule has 1 saturated carbocycles. The van der Waals surface area contributed by atoms with Crippen LogP contribution in [0, 0.1) is 22.7 Å². The van der Waals surface area contributed by atoms with E-state index in [2.05, 4.69) is 26.8 Å². The molecule has 0 N–H and O–H groups in total. The molecule has 0 bridgehead atoms. The predicted octanol–water partition coefficient (Wildman–Crippen LogP) is 4.77. The van der Waals surface area contributed by atoms with Gasteiger partial charge in [0.25, 0.3) is 0 Å². The zero-order valence-corrected chi connectivity index (χ0v) is 20.1. The lowest BCUT2D eigenvalue weighted by atomic mass is 9.48. The van der Waals surface area contributed by atoms with Crippen molar-refractivity contribution in [1.82, 2.24) is 0 Å². The molecule has 6 heteroatoms. The van der Waals surface area contributed by atoms with Crippen LogP contribution in [0.1, 0.15) is 73.6 Å². The second-order valence-corrected chi connectivity index (χ2v) is 9.92. The van der Waals surface area contributed by atoms with Gasteiger partial charge in [-0.25, -0.2) is 4.79 Å². The van der Waals surface area contributed by atoms with Crippen molar-refractivity contribution < 1.29 is 28.6 Å². The van der Waals surface area contributed by atoms with Gasteiger partial charge in [0.2, 0.25) is 0 Å². The summed E-state index contributed by atoms with van der Waals surface area (Å²) >= 11 is 0. The first kappa shape index (κ1) is 25.2. The summed E-state index contributed by atoms with van der Waals surface area (Å²) in [7, 11) is 1.43. The number of methoxy groups -OCH3 is 1. The summed E-state index contributed by atoms with van der Waals surface area (Å²) in [6.07, 6.45) is 8.36. The first-order valence-corrected chi connectivity index (χ1v) is 11.2. The van der Waals surface area contributed by atoms with E-state index in [-0.39, 0.29) is 29.3 Å². The van der Waals surface area contributed by atoms with E-state index in [0.29, 0.717) is 12.3 Å². The monoisotopic (exact) mass is 434 g/mol. The Bertz CT molecular complexity index is 762. The third kappa shape index (κ3) is 5.78. The molecule has 0 aromatic carbocycles. The Labute approximate surface area is 186 Å². The van der Waals surface area contributed by atoms with Gasteiger partial charge < -0.3 is 14.2 Å². The molecule has 2 aliphatic carbocycles. The Hall–Kier alpha value is -2.11. The number of rotatable bonds is 7. The van der Waals surface area contributed by atoms with Crippen LogP contribution in [-0.2, 0) is 28.6 Å². The first-order valence-electron chi connectivity index (χ1n) is 11.2. The van der Waals surface area contributed by atoms with E-state index in [1.807, 2.05) is 13.0 Å². The highest BCUT2D eigenvalue weighted by atomic mass is 16.6. The van der Waals surface area contributed by atoms with Gasteiger partial charge in [-0.3, -0.25) is 9.59 Å². The fourth-order valence-electron chi connectivity index (χ4n) is 5.74. The average molecular weight is 435 g/mol. The van der Waals surface area contributed by atoms with E-state index in [1.54, 1.807) is 0 Å². The number of fused-ring (bicyclic) bond motifs is 1. The quantitative estimate of drug-likeness (QED) is 0.326. The Balaban J connectivity index is 2.35. The lowest BCUT2D eigenvalue weighted by Gasteiger charge is -2.56. The van der Waals surface area contributed by atoms with Crippen LogP contribution in [0.15, 0.2) is 23.3 Å². The summed E-state index contributed by atoms with van der Waals surface area (Å²) in [5.74, 6) is -0.631. The van der Waals surface area contributed by atoms with Crippen LogP contribution in [0.5, 0.6) is 0 Å². The highest BCUT2D eigenvalue weighted by Crippen LogP contribution is 2.60. The summed E-state index contributed by atoms with van der Waals surface area (Å²) in [4.78, 5) is 35.4. The van der Waals surface area contributed by atoms with E-state index in [9.17, 15) is 14.4 Å². The molecule has 0 spiro atoms. The van der Waals surface area contributed by atoms with Gasteiger partial charge in [-0.1, -0.05) is 39.3 Å². The molecule has 0 aromatic rings. The normalized spacial score (nSPS) is 28.6. The lowest BCUT2D eigenvalue weighted by molar-refractivity contribution is -0.154. The van der Waals surface area contributed by atoms with Crippen LogP contribution in [0.2, 0.25) is 0 Å². The standard InChI is InChI=1S/C25H38O6/c1-16(21(31-18(3)27)15-30-17(2)26)9-11-20-19(23(28)29-7)10-12-22-24(4,5)13-8-14-25(20,22)6/h9-10,20-22H,8,11-15H2,1-7H3/b16-9+/t20-,21+,22-,25+/m0/s1. The van der Waals surface area contributed by atoms with Gasteiger partial charge in [0.1, 0.15) is 6.61 Å². The highest BCUT2D eigenvalue weighted by molar-refractivity contribution is 5.89. The molecular formula is C25H38O6. The second-order valence-electron chi connectivity index (χ2n) is 9.92. The molecule has 0 radical (unpaired) electrons. The van der Waals surface area contributed by atoms with Crippen LogP contribution < -0.4 is 0 Å². The molecule has 0 unspecified atom stereocenters. The predicted molar refractivity (Wildman–Crippen MR) is 118 cm³/mol. The Morgan fingerprint density at radius 2 is 1.81 bits per heavy atom. The van der Waals surface area contributed by atoms with Gasteiger partial charge in [0.05, 0.1) is 7.11 Å². The topological polar surface area (TPSA) is 78.9 Å². The minimum atomic E-state index is -0.637.